The standard InChI is InChI=1S/C26H27FN2O4/c1-32-20-8-9-24-23(14-20)22(11-12-28-24)25(30)15-21-7-6-19(16-33-21)29-26(31)10-5-17-3-2-4-18(27)13-17/h2-5,8-14,19,21,25,30H,6-7,15-16H2,1H3,(H,29,31)/b10-5+/t19-,21+,25?/m1/s1. The van der Waals surface area contributed by atoms with E-state index in [0.29, 0.717) is 24.3 Å². The molecule has 1 saturated heterocycles. The SMILES string of the molecule is COc1ccc2nccc(C(O)C[C@@H]3CC[C@@H](NC(=O)/C=C/c4cccc(F)c4)CO3)c2c1. The Hall–Kier alpha value is -3.29. The van der Waals surface area contributed by atoms with Crippen LogP contribution in [0.5, 0.6) is 5.75 Å². The molecule has 0 spiro atoms. The van der Waals surface area contributed by atoms with E-state index in [2.05, 4.69) is 10.3 Å². The molecular weight excluding hydrogens is 423 g/mol. The van der Waals surface area contributed by atoms with Crippen LogP contribution in [0.2, 0.25) is 0 Å². The Morgan fingerprint density at radius 3 is 2.94 bits per heavy atom. The van der Waals surface area contributed by atoms with E-state index in [1.165, 1.54) is 18.2 Å². The second-order valence-corrected chi connectivity index (χ2v) is 8.16. The summed E-state index contributed by atoms with van der Waals surface area (Å²) < 4.78 is 24.5. The number of nitrogens with zero attached hydrogens (tertiary/aromatic N) is 1. The Morgan fingerprint density at radius 1 is 1.30 bits per heavy atom. The Balaban J connectivity index is 1.30. The molecule has 1 aliphatic rings. The minimum atomic E-state index is -0.701. The van der Waals surface area contributed by atoms with Crippen molar-refractivity contribution in [3.05, 3.63) is 77.7 Å². The van der Waals surface area contributed by atoms with Gasteiger partial charge in [0.15, 0.2) is 0 Å². The number of benzene rings is 2. The summed E-state index contributed by atoms with van der Waals surface area (Å²) in [5, 5.41) is 14.7. The van der Waals surface area contributed by atoms with E-state index in [-0.39, 0.29) is 23.9 Å². The van der Waals surface area contributed by atoms with E-state index in [1.807, 2.05) is 24.3 Å². The molecule has 3 atom stereocenters. The molecule has 2 aromatic carbocycles. The molecule has 2 N–H and O–H groups in total. The molecular formula is C26H27FN2O4. The fraction of sp³-hybridized carbons (Fsp3) is 0.308. The maximum Gasteiger partial charge on any atom is 0.244 e. The fourth-order valence-electron chi connectivity index (χ4n) is 4.08. The van der Waals surface area contributed by atoms with Crippen LogP contribution in [0.4, 0.5) is 4.39 Å². The van der Waals surface area contributed by atoms with Gasteiger partial charge in [0.05, 0.1) is 37.5 Å². The van der Waals surface area contributed by atoms with Crippen molar-refractivity contribution in [3.8, 4) is 5.75 Å². The summed E-state index contributed by atoms with van der Waals surface area (Å²) in [5.74, 6) is 0.122. The van der Waals surface area contributed by atoms with Gasteiger partial charge in [0, 0.05) is 24.1 Å². The third-order valence-electron chi connectivity index (χ3n) is 5.82. The number of pyridine rings is 1. The van der Waals surface area contributed by atoms with Crippen LogP contribution in [0.3, 0.4) is 0 Å². The maximum absolute atomic E-state index is 13.2. The molecule has 172 valence electrons. The quantitative estimate of drug-likeness (QED) is 0.528. The third kappa shape index (κ3) is 5.94. The number of hydrogen-bond acceptors (Lipinski definition) is 5. The lowest BCUT2D eigenvalue weighted by molar-refractivity contribution is -0.118. The van der Waals surface area contributed by atoms with Gasteiger partial charge in [0.1, 0.15) is 11.6 Å². The summed E-state index contributed by atoms with van der Waals surface area (Å²) in [4.78, 5) is 16.5. The predicted molar refractivity (Wildman–Crippen MR) is 124 cm³/mol. The lowest BCUT2D eigenvalue weighted by atomic mass is 9.95. The monoisotopic (exact) mass is 450 g/mol. The van der Waals surface area contributed by atoms with E-state index >= 15 is 0 Å². The van der Waals surface area contributed by atoms with E-state index in [4.69, 9.17) is 9.47 Å². The number of rotatable bonds is 7. The molecule has 33 heavy (non-hydrogen) atoms. The zero-order chi connectivity index (χ0) is 23.2. The van der Waals surface area contributed by atoms with Crippen LogP contribution in [0.15, 0.2) is 60.8 Å². The molecule has 0 bridgehead atoms. The number of carbonyl (C=O) groups excluding carboxylic acids is 1. The fourth-order valence-corrected chi connectivity index (χ4v) is 4.08. The van der Waals surface area contributed by atoms with Crippen LogP contribution in [-0.2, 0) is 9.53 Å². The van der Waals surface area contributed by atoms with Crippen LogP contribution in [0, 0.1) is 5.82 Å². The van der Waals surface area contributed by atoms with Crippen molar-refractivity contribution in [1.29, 1.82) is 0 Å². The van der Waals surface area contributed by atoms with E-state index in [1.54, 1.807) is 31.5 Å². The van der Waals surface area contributed by atoms with Crippen LogP contribution in [0.1, 0.15) is 36.5 Å². The highest BCUT2D eigenvalue weighted by Crippen LogP contribution is 2.31. The number of ether oxygens (including phenoxy) is 2. The average Bonchev–Trinajstić information content (AvgIpc) is 2.83. The van der Waals surface area contributed by atoms with Gasteiger partial charge in [-0.1, -0.05) is 12.1 Å². The van der Waals surface area contributed by atoms with Crippen molar-refractivity contribution in [2.45, 2.75) is 37.5 Å². The first-order chi connectivity index (χ1) is 16.0. The molecule has 4 rings (SSSR count). The first-order valence-corrected chi connectivity index (χ1v) is 11.0. The second kappa shape index (κ2) is 10.6. The molecule has 1 aliphatic heterocycles. The zero-order valence-electron chi connectivity index (χ0n) is 18.4. The van der Waals surface area contributed by atoms with Gasteiger partial charge >= 0.3 is 0 Å². The summed E-state index contributed by atoms with van der Waals surface area (Å²) in [6.45, 7) is 0.377. The molecule has 1 unspecified atom stereocenters. The molecule has 0 radical (unpaired) electrons. The number of amides is 1. The van der Waals surface area contributed by atoms with Gasteiger partial charge < -0.3 is 19.9 Å². The average molecular weight is 451 g/mol. The number of hydrogen-bond donors (Lipinski definition) is 2. The maximum atomic E-state index is 13.2. The molecule has 1 amide bonds. The summed E-state index contributed by atoms with van der Waals surface area (Å²) in [5.41, 5.74) is 2.21. The lowest BCUT2D eigenvalue weighted by Gasteiger charge is -2.30. The molecule has 1 fully saturated rings. The Labute approximate surface area is 192 Å². The Bertz CT molecular complexity index is 1140. The summed E-state index contributed by atoms with van der Waals surface area (Å²) in [6, 6.07) is 13.4. The molecule has 3 aromatic rings. The van der Waals surface area contributed by atoms with Gasteiger partial charge in [-0.2, -0.15) is 0 Å². The van der Waals surface area contributed by atoms with Crippen LogP contribution >= 0.6 is 0 Å². The van der Waals surface area contributed by atoms with Crippen LogP contribution in [0.25, 0.3) is 17.0 Å². The smallest absolute Gasteiger partial charge is 0.244 e. The molecule has 1 aromatic heterocycles. The predicted octanol–water partition coefficient (Wildman–Crippen LogP) is 4.18. The Morgan fingerprint density at radius 2 is 2.18 bits per heavy atom. The highest BCUT2D eigenvalue weighted by molar-refractivity contribution is 5.91. The highest BCUT2D eigenvalue weighted by atomic mass is 19.1. The third-order valence-corrected chi connectivity index (χ3v) is 5.82. The zero-order valence-corrected chi connectivity index (χ0v) is 18.4. The first-order valence-electron chi connectivity index (χ1n) is 11.0. The van der Waals surface area contributed by atoms with Crippen molar-refractivity contribution in [1.82, 2.24) is 10.3 Å². The second-order valence-electron chi connectivity index (χ2n) is 8.16. The number of halogens is 1. The van der Waals surface area contributed by atoms with E-state index < -0.39 is 6.10 Å². The summed E-state index contributed by atoms with van der Waals surface area (Å²) >= 11 is 0. The van der Waals surface area contributed by atoms with Gasteiger partial charge in [-0.3, -0.25) is 9.78 Å². The number of aliphatic hydroxyl groups is 1. The van der Waals surface area contributed by atoms with Crippen molar-refractivity contribution >= 4 is 22.9 Å². The molecule has 0 saturated carbocycles. The van der Waals surface area contributed by atoms with E-state index in [0.717, 1.165) is 29.3 Å². The van der Waals surface area contributed by atoms with Crippen LogP contribution in [-0.4, -0.2) is 41.9 Å². The lowest BCUT2D eigenvalue weighted by Crippen LogP contribution is -2.42. The number of aliphatic hydroxyl groups excluding tert-OH is 1. The normalized spacial score (nSPS) is 19.5. The number of methoxy groups -OCH3 is 1. The first kappa shape index (κ1) is 22.9. The number of carbonyl (C=O) groups is 1. The molecule has 2 heterocycles. The van der Waals surface area contributed by atoms with E-state index in [9.17, 15) is 14.3 Å². The van der Waals surface area contributed by atoms with Crippen molar-refractivity contribution in [2.24, 2.45) is 0 Å². The van der Waals surface area contributed by atoms with Crippen molar-refractivity contribution in [2.75, 3.05) is 13.7 Å². The van der Waals surface area contributed by atoms with Crippen molar-refractivity contribution in [3.63, 3.8) is 0 Å². The number of nitrogens with one attached hydrogen (secondary N) is 1. The minimum Gasteiger partial charge on any atom is -0.497 e. The van der Waals surface area contributed by atoms with Crippen LogP contribution < -0.4 is 10.1 Å². The summed E-state index contributed by atoms with van der Waals surface area (Å²) in [7, 11) is 1.61. The van der Waals surface area contributed by atoms with Gasteiger partial charge in [0.2, 0.25) is 5.91 Å². The van der Waals surface area contributed by atoms with Gasteiger partial charge in [-0.05, 0) is 66.4 Å². The van der Waals surface area contributed by atoms with Gasteiger partial charge in [-0.15, -0.1) is 0 Å². The topological polar surface area (TPSA) is 80.7 Å². The molecule has 7 heteroatoms. The number of aromatic nitrogens is 1. The Kier molecular flexibility index (Phi) is 7.32. The van der Waals surface area contributed by atoms with Crippen molar-refractivity contribution < 1.29 is 23.8 Å². The summed E-state index contributed by atoms with van der Waals surface area (Å²) in [6.07, 6.45) is 5.79. The van der Waals surface area contributed by atoms with Gasteiger partial charge in [-0.25, -0.2) is 4.39 Å². The number of fused-ring (bicyclic) bond motifs is 1. The molecule has 0 aliphatic carbocycles. The minimum absolute atomic E-state index is 0.103. The molecule has 6 nitrogen and oxygen atoms in total. The van der Waals surface area contributed by atoms with Gasteiger partial charge in [0.25, 0.3) is 0 Å². The largest absolute Gasteiger partial charge is 0.497 e. The highest BCUT2D eigenvalue weighted by Gasteiger charge is 2.25.